The maximum Gasteiger partial charge on any atom is 0.256 e. The van der Waals surface area contributed by atoms with Gasteiger partial charge in [-0.15, -0.1) is 0 Å². The van der Waals surface area contributed by atoms with Crippen molar-refractivity contribution >= 4 is 11.9 Å². The van der Waals surface area contributed by atoms with Crippen molar-refractivity contribution in [3.05, 3.63) is 84.8 Å². The molecule has 2 unspecified atom stereocenters. The summed E-state index contributed by atoms with van der Waals surface area (Å²) in [4.78, 5) is 28.4. The highest BCUT2D eigenvalue weighted by atomic mass is 16.2. The Balaban J connectivity index is 1.17. The molecule has 2 aromatic carbocycles. The van der Waals surface area contributed by atoms with Crippen LogP contribution in [0.1, 0.15) is 10.4 Å². The summed E-state index contributed by atoms with van der Waals surface area (Å²) in [7, 11) is 0. The lowest BCUT2D eigenvalue weighted by Crippen LogP contribution is -2.34. The van der Waals surface area contributed by atoms with Crippen LogP contribution in [-0.4, -0.2) is 61.9 Å². The van der Waals surface area contributed by atoms with Crippen molar-refractivity contribution in [3.8, 4) is 16.9 Å². The molecule has 2 aromatic heterocycles. The van der Waals surface area contributed by atoms with E-state index in [2.05, 4.69) is 32.2 Å². The van der Waals surface area contributed by atoms with Crippen LogP contribution in [-0.2, 0) is 0 Å². The Kier molecular flexibility index (Phi) is 4.83. The van der Waals surface area contributed by atoms with E-state index < -0.39 is 0 Å². The summed E-state index contributed by atoms with van der Waals surface area (Å²) >= 11 is 0. The van der Waals surface area contributed by atoms with E-state index in [0.717, 1.165) is 43.4 Å². The third-order valence-electron chi connectivity index (χ3n) is 6.54. The zero-order valence-electron chi connectivity index (χ0n) is 18.0. The van der Waals surface area contributed by atoms with Gasteiger partial charge in [0.15, 0.2) is 0 Å². The summed E-state index contributed by atoms with van der Waals surface area (Å²) in [5, 5.41) is 8.40. The number of rotatable bonds is 4. The average Bonchev–Trinajstić information content (AvgIpc) is 3.61. The molecule has 4 aromatic rings. The zero-order valence-corrected chi connectivity index (χ0v) is 18.0. The standard InChI is InChI=1S/C25H23N7O/c33-24(21-8-4-5-9-23(21)32-27-12-13-28-32)30-14-19-16-31(17-20(19)15-30)25-26-11-10-22(29-25)18-6-2-1-3-7-18/h1-13,19-20H,14-17H2. The van der Waals surface area contributed by atoms with E-state index in [0.29, 0.717) is 23.1 Å². The normalized spacial score (nSPS) is 19.6. The van der Waals surface area contributed by atoms with Crippen LogP contribution in [0, 0.1) is 11.8 Å². The van der Waals surface area contributed by atoms with Crippen molar-refractivity contribution in [1.82, 2.24) is 29.9 Å². The van der Waals surface area contributed by atoms with Crippen LogP contribution in [0.25, 0.3) is 16.9 Å². The van der Waals surface area contributed by atoms with Gasteiger partial charge in [-0.3, -0.25) is 4.79 Å². The molecule has 0 radical (unpaired) electrons. The molecule has 4 heterocycles. The molecule has 2 saturated heterocycles. The Morgan fingerprint density at radius 3 is 2.24 bits per heavy atom. The van der Waals surface area contributed by atoms with Crippen molar-refractivity contribution in [2.24, 2.45) is 11.8 Å². The lowest BCUT2D eigenvalue weighted by atomic mass is 10.0. The second-order valence-corrected chi connectivity index (χ2v) is 8.58. The maximum absolute atomic E-state index is 13.4. The van der Waals surface area contributed by atoms with E-state index in [1.165, 1.54) is 4.80 Å². The van der Waals surface area contributed by atoms with Crippen LogP contribution in [0.2, 0.25) is 0 Å². The highest BCUT2D eigenvalue weighted by Gasteiger charge is 2.42. The van der Waals surface area contributed by atoms with Crippen LogP contribution >= 0.6 is 0 Å². The van der Waals surface area contributed by atoms with Gasteiger partial charge >= 0.3 is 0 Å². The van der Waals surface area contributed by atoms with Gasteiger partial charge < -0.3 is 9.80 Å². The van der Waals surface area contributed by atoms with E-state index in [1.54, 1.807) is 12.4 Å². The molecule has 0 saturated carbocycles. The van der Waals surface area contributed by atoms with E-state index in [4.69, 9.17) is 4.98 Å². The summed E-state index contributed by atoms with van der Waals surface area (Å²) in [6.07, 6.45) is 5.06. The first kappa shape index (κ1) is 19.6. The van der Waals surface area contributed by atoms with E-state index >= 15 is 0 Å². The number of hydrogen-bond donors (Lipinski definition) is 0. The molecule has 33 heavy (non-hydrogen) atoms. The Morgan fingerprint density at radius 2 is 1.48 bits per heavy atom. The number of anilines is 1. The van der Waals surface area contributed by atoms with Crippen LogP contribution in [0.4, 0.5) is 5.95 Å². The number of nitrogens with zero attached hydrogens (tertiary/aromatic N) is 7. The Morgan fingerprint density at radius 1 is 0.788 bits per heavy atom. The summed E-state index contributed by atoms with van der Waals surface area (Å²) in [5.41, 5.74) is 3.35. The molecule has 2 aliphatic heterocycles. The van der Waals surface area contributed by atoms with Crippen LogP contribution in [0.3, 0.4) is 0 Å². The van der Waals surface area contributed by atoms with Gasteiger partial charge in [-0.05, 0) is 18.2 Å². The van der Waals surface area contributed by atoms with E-state index in [-0.39, 0.29) is 5.91 Å². The smallest absolute Gasteiger partial charge is 0.256 e. The van der Waals surface area contributed by atoms with Gasteiger partial charge in [-0.1, -0.05) is 42.5 Å². The predicted octanol–water partition coefficient (Wildman–Crippen LogP) is 2.93. The molecule has 1 amide bonds. The second-order valence-electron chi connectivity index (χ2n) is 8.58. The first-order valence-electron chi connectivity index (χ1n) is 11.1. The first-order chi connectivity index (χ1) is 16.3. The summed E-state index contributed by atoms with van der Waals surface area (Å²) in [6, 6.07) is 19.6. The topological polar surface area (TPSA) is 80.0 Å². The largest absolute Gasteiger partial charge is 0.340 e. The van der Waals surface area contributed by atoms with Gasteiger partial charge in [0.05, 0.1) is 29.3 Å². The summed E-state index contributed by atoms with van der Waals surface area (Å²) < 4.78 is 0. The molecule has 0 spiro atoms. The van der Waals surface area contributed by atoms with Gasteiger partial charge in [-0.2, -0.15) is 15.0 Å². The molecule has 6 rings (SSSR count). The third kappa shape index (κ3) is 3.63. The van der Waals surface area contributed by atoms with Crippen molar-refractivity contribution in [2.45, 2.75) is 0 Å². The molecule has 2 atom stereocenters. The number of fused-ring (bicyclic) bond motifs is 1. The molecule has 164 valence electrons. The van der Waals surface area contributed by atoms with Gasteiger partial charge in [0, 0.05) is 49.8 Å². The minimum Gasteiger partial charge on any atom is -0.340 e. The van der Waals surface area contributed by atoms with Gasteiger partial charge in [-0.25, -0.2) is 9.97 Å². The first-order valence-corrected chi connectivity index (χ1v) is 11.1. The molecule has 2 aliphatic rings. The second kappa shape index (κ2) is 8.12. The number of amides is 1. The van der Waals surface area contributed by atoms with Crippen molar-refractivity contribution in [3.63, 3.8) is 0 Å². The number of likely N-dealkylation sites (tertiary alicyclic amines) is 1. The van der Waals surface area contributed by atoms with Gasteiger partial charge in [0.2, 0.25) is 5.95 Å². The Hall–Kier alpha value is -4.07. The highest BCUT2D eigenvalue weighted by Crippen LogP contribution is 2.34. The number of aromatic nitrogens is 5. The molecule has 0 N–H and O–H groups in total. The number of carbonyl (C=O) groups excluding carboxylic acids is 1. The molecule has 0 bridgehead atoms. The van der Waals surface area contributed by atoms with Gasteiger partial charge in [0.1, 0.15) is 0 Å². The molecule has 0 aliphatic carbocycles. The SMILES string of the molecule is O=C(c1ccccc1-n1nccn1)N1CC2CN(c3nccc(-c4ccccc4)n3)CC2C1. The molecular formula is C25H23N7O. The van der Waals surface area contributed by atoms with Crippen molar-refractivity contribution in [2.75, 3.05) is 31.1 Å². The Labute approximate surface area is 191 Å². The fraction of sp³-hybridized carbons (Fsp3) is 0.240. The maximum atomic E-state index is 13.4. The summed E-state index contributed by atoms with van der Waals surface area (Å²) in [6.45, 7) is 3.18. The minimum absolute atomic E-state index is 0.0335. The predicted molar refractivity (Wildman–Crippen MR) is 124 cm³/mol. The number of carbonyl (C=O) groups is 1. The molecule has 8 heteroatoms. The quantitative estimate of drug-likeness (QED) is 0.488. The Bertz CT molecular complexity index is 1260. The number of para-hydroxylation sites is 1. The lowest BCUT2D eigenvalue weighted by Gasteiger charge is -2.22. The van der Waals surface area contributed by atoms with Crippen LogP contribution < -0.4 is 4.90 Å². The van der Waals surface area contributed by atoms with E-state index in [9.17, 15) is 4.79 Å². The average molecular weight is 438 g/mol. The number of hydrogen-bond acceptors (Lipinski definition) is 6. The third-order valence-corrected chi connectivity index (χ3v) is 6.54. The highest BCUT2D eigenvalue weighted by molar-refractivity contribution is 5.97. The van der Waals surface area contributed by atoms with Crippen LogP contribution in [0.15, 0.2) is 79.3 Å². The molecular weight excluding hydrogens is 414 g/mol. The fourth-order valence-electron chi connectivity index (χ4n) is 4.93. The summed E-state index contributed by atoms with van der Waals surface area (Å²) in [5.74, 6) is 1.62. The van der Waals surface area contributed by atoms with E-state index in [1.807, 2.05) is 59.6 Å². The van der Waals surface area contributed by atoms with Gasteiger partial charge in [0.25, 0.3) is 5.91 Å². The molecule has 2 fully saturated rings. The zero-order chi connectivity index (χ0) is 22.2. The van der Waals surface area contributed by atoms with Crippen LogP contribution in [0.5, 0.6) is 0 Å². The number of benzene rings is 2. The lowest BCUT2D eigenvalue weighted by molar-refractivity contribution is 0.0782. The monoisotopic (exact) mass is 437 g/mol. The minimum atomic E-state index is 0.0335. The van der Waals surface area contributed by atoms with Crippen molar-refractivity contribution < 1.29 is 4.79 Å². The fourth-order valence-corrected chi connectivity index (χ4v) is 4.93. The molecule has 8 nitrogen and oxygen atoms in total. The van der Waals surface area contributed by atoms with Crippen molar-refractivity contribution in [1.29, 1.82) is 0 Å².